The van der Waals surface area contributed by atoms with Crippen LogP contribution in [0.15, 0.2) is 84.9 Å². The fourth-order valence-electron chi connectivity index (χ4n) is 8.51. The normalized spacial score (nSPS) is 12.6. The van der Waals surface area contributed by atoms with Gasteiger partial charge in [-0.25, -0.2) is 0 Å². The number of aryl methyl sites for hydroxylation is 2. The zero-order valence-corrected chi connectivity index (χ0v) is 34.8. The average Bonchev–Trinajstić information content (AvgIpc) is 3.61. The number of aliphatic hydroxyl groups excluding tert-OH is 1. The fraction of sp³-hybridized carbons (Fsp3) is 0.224. The van der Waals surface area contributed by atoms with Gasteiger partial charge in [0.2, 0.25) is 0 Å². The second kappa shape index (κ2) is 16.0. The van der Waals surface area contributed by atoms with E-state index in [1.807, 2.05) is 67.6 Å². The number of aromatic nitrogens is 1. The lowest BCUT2D eigenvalue weighted by Gasteiger charge is -2.23. The van der Waals surface area contributed by atoms with E-state index in [0.29, 0.717) is 119 Å². The van der Waals surface area contributed by atoms with E-state index in [1.54, 1.807) is 59.8 Å². The van der Waals surface area contributed by atoms with Gasteiger partial charge in [0.1, 0.15) is 17.2 Å². The van der Waals surface area contributed by atoms with Crippen LogP contribution in [0.5, 0.6) is 40.2 Å². The van der Waals surface area contributed by atoms with Gasteiger partial charge in [-0.1, -0.05) is 30.3 Å². The molecule has 6 aromatic rings. The first kappa shape index (κ1) is 39.8. The molecule has 0 radical (unpaired) electrons. The summed E-state index contributed by atoms with van der Waals surface area (Å²) in [6.45, 7) is 1.97. The summed E-state index contributed by atoms with van der Waals surface area (Å²) in [7, 11) is 10.9. The van der Waals surface area contributed by atoms with E-state index in [-0.39, 0.29) is 18.2 Å². The lowest BCUT2D eigenvalue weighted by atomic mass is 9.79. The first-order chi connectivity index (χ1) is 29.1. The third-order valence-electron chi connectivity index (χ3n) is 11.5. The summed E-state index contributed by atoms with van der Waals surface area (Å²) in [6, 6.07) is 26.0. The van der Waals surface area contributed by atoms with E-state index in [9.17, 15) is 5.11 Å². The van der Waals surface area contributed by atoms with E-state index in [1.165, 1.54) is 14.2 Å². The number of carbonyl (C=O) groups excluding carboxylic acids is 2. The SMILES string of the molecule is COc1ccc(CCn2c3c(c4c2=C(c2ccc(OC)c(OC)c2)C(=O)c2cc(OC)c(OC)cc2-4)-c2cc(CO)c(OC)cc2C(=O)C=3c2ccc(C)c(OC)c2)cc1. The van der Waals surface area contributed by atoms with Crippen LogP contribution < -0.4 is 43.9 Å². The first-order valence-corrected chi connectivity index (χ1v) is 19.3. The van der Waals surface area contributed by atoms with Crippen LogP contribution in [0.25, 0.3) is 33.4 Å². The number of hydrogen-bond donors (Lipinski definition) is 1. The van der Waals surface area contributed by atoms with Crippen LogP contribution in [0.1, 0.15) is 48.5 Å². The van der Waals surface area contributed by atoms with Crippen molar-refractivity contribution in [1.29, 1.82) is 0 Å². The highest BCUT2D eigenvalue weighted by Gasteiger charge is 2.38. The van der Waals surface area contributed by atoms with Crippen LogP contribution in [-0.2, 0) is 19.6 Å². The Hall–Kier alpha value is -6.98. The first-order valence-electron chi connectivity index (χ1n) is 19.3. The van der Waals surface area contributed by atoms with Crippen LogP contribution in [0.4, 0.5) is 0 Å². The van der Waals surface area contributed by atoms with Crippen LogP contribution in [0, 0.1) is 6.92 Å². The summed E-state index contributed by atoms with van der Waals surface area (Å²) in [5, 5.41) is 11.9. The smallest absolute Gasteiger partial charge is 0.196 e. The zero-order chi connectivity index (χ0) is 42.4. The Balaban J connectivity index is 1.64. The van der Waals surface area contributed by atoms with Gasteiger partial charge in [-0.05, 0) is 101 Å². The topological polar surface area (TPSA) is 124 Å². The summed E-state index contributed by atoms with van der Waals surface area (Å²) in [6.07, 6.45) is 0.528. The maximum Gasteiger partial charge on any atom is 0.196 e. The van der Waals surface area contributed by atoms with Crippen molar-refractivity contribution < 1.29 is 47.9 Å². The molecule has 60 heavy (non-hydrogen) atoms. The molecule has 0 unspecified atom stereocenters. The largest absolute Gasteiger partial charge is 0.497 e. The molecule has 0 amide bonds. The van der Waals surface area contributed by atoms with Crippen LogP contribution >= 0.6 is 0 Å². The molecule has 306 valence electrons. The second-order valence-corrected chi connectivity index (χ2v) is 14.5. The van der Waals surface area contributed by atoms with Gasteiger partial charge in [0.05, 0.1) is 78.2 Å². The summed E-state index contributed by atoms with van der Waals surface area (Å²) >= 11 is 0. The molecule has 11 nitrogen and oxygen atoms in total. The molecule has 2 aliphatic rings. The second-order valence-electron chi connectivity index (χ2n) is 14.5. The monoisotopic (exact) mass is 807 g/mol. The number of hydrogen-bond acceptors (Lipinski definition) is 10. The number of benzene rings is 5. The summed E-state index contributed by atoms with van der Waals surface area (Å²) in [5.41, 5.74) is 7.80. The van der Waals surface area contributed by atoms with Crippen molar-refractivity contribution >= 4 is 22.7 Å². The van der Waals surface area contributed by atoms with Gasteiger partial charge in [0.15, 0.2) is 34.6 Å². The molecular formula is C49H45NO10. The third-order valence-corrected chi connectivity index (χ3v) is 11.5. The van der Waals surface area contributed by atoms with Gasteiger partial charge in [0, 0.05) is 34.4 Å². The number of ether oxygens (including phenoxy) is 7. The van der Waals surface area contributed by atoms with Crippen molar-refractivity contribution in [2.45, 2.75) is 26.5 Å². The van der Waals surface area contributed by atoms with Gasteiger partial charge >= 0.3 is 0 Å². The molecule has 2 aliphatic carbocycles. The van der Waals surface area contributed by atoms with Gasteiger partial charge in [-0.3, -0.25) is 9.59 Å². The predicted octanol–water partition coefficient (Wildman–Crippen LogP) is 6.72. The zero-order valence-electron chi connectivity index (χ0n) is 34.8. The highest BCUT2D eigenvalue weighted by atomic mass is 16.5. The molecule has 0 aliphatic heterocycles. The van der Waals surface area contributed by atoms with Crippen molar-refractivity contribution in [3.63, 3.8) is 0 Å². The molecule has 1 N–H and O–H groups in total. The summed E-state index contributed by atoms with van der Waals surface area (Å²) in [4.78, 5) is 30.8. The van der Waals surface area contributed by atoms with Gasteiger partial charge in [0.25, 0.3) is 0 Å². The third kappa shape index (κ3) is 6.33. The molecule has 0 fully saturated rings. The minimum atomic E-state index is -0.338. The molecule has 0 atom stereocenters. The van der Waals surface area contributed by atoms with Crippen LogP contribution in [0.2, 0.25) is 0 Å². The standard InChI is InChI=1S/C49H45NO10/c1-26-9-12-28(20-37(26)56-4)42-46-44(32-19-30(25-51)38(57-5)23-34(32)48(42)52)45-33-22-40(59-7)41(60-8)24-35(33)49(53)43(29-13-16-36(55-3)39(21-29)58-6)47(45)50(46)18-17-27-10-14-31(54-2)15-11-27/h9-16,19-24,51H,17-18,25H2,1-8H3. The predicted molar refractivity (Wildman–Crippen MR) is 228 cm³/mol. The van der Waals surface area contributed by atoms with Gasteiger partial charge in [-0.15, -0.1) is 0 Å². The van der Waals surface area contributed by atoms with E-state index < -0.39 is 0 Å². The molecule has 1 heterocycles. The lowest BCUT2D eigenvalue weighted by molar-refractivity contribution is 0.104. The van der Waals surface area contributed by atoms with E-state index in [0.717, 1.165) is 16.9 Å². The van der Waals surface area contributed by atoms with Crippen molar-refractivity contribution in [2.75, 3.05) is 49.8 Å². The molecule has 0 spiro atoms. The van der Waals surface area contributed by atoms with Gasteiger partial charge < -0.3 is 42.8 Å². The van der Waals surface area contributed by atoms with E-state index >= 15 is 9.59 Å². The Morgan fingerprint density at radius 1 is 0.500 bits per heavy atom. The van der Waals surface area contributed by atoms with Crippen LogP contribution in [0.3, 0.4) is 0 Å². The number of methoxy groups -OCH3 is 7. The number of rotatable bonds is 13. The van der Waals surface area contributed by atoms with Crippen molar-refractivity contribution in [2.24, 2.45) is 0 Å². The summed E-state index contributed by atoms with van der Waals surface area (Å²) < 4.78 is 42.1. The number of Topliss-reactive ketones (excluding diaryl/α,β-unsaturated/α-hetero) is 2. The Labute approximate surface area is 347 Å². The Bertz CT molecular complexity index is 2850. The molecular weight excluding hydrogens is 763 g/mol. The number of aliphatic hydroxyl groups is 1. The van der Waals surface area contributed by atoms with Crippen molar-refractivity contribution in [3.05, 3.63) is 135 Å². The average molecular weight is 808 g/mol. The molecule has 5 aromatic carbocycles. The fourth-order valence-corrected chi connectivity index (χ4v) is 8.51. The van der Waals surface area contributed by atoms with E-state index in [2.05, 4.69) is 4.57 Å². The molecule has 0 bridgehead atoms. The van der Waals surface area contributed by atoms with Crippen molar-refractivity contribution in [3.8, 4) is 62.5 Å². The minimum absolute atomic E-state index is 0.252. The lowest BCUT2D eigenvalue weighted by Crippen LogP contribution is -2.36. The number of fused-ring (bicyclic) bond motifs is 7. The molecule has 1 aromatic heterocycles. The molecule has 11 heteroatoms. The molecule has 0 saturated heterocycles. The number of nitrogens with zero attached hydrogens (tertiary/aromatic N) is 1. The Kier molecular flexibility index (Phi) is 10.6. The molecule has 0 saturated carbocycles. The summed E-state index contributed by atoms with van der Waals surface area (Å²) in [5.74, 6) is 2.96. The van der Waals surface area contributed by atoms with Gasteiger partial charge in [-0.2, -0.15) is 0 Å². The highest BCUT2D eigenvalue weighted by Crippen LogP contribution is 2.46. The molecule has 8 rings (SSSR count). The number of ketones is 2. The number of carbonyl (C=O) groups is 2. The quantitative estimate of drug-likeness (QED) is 0.135. The van der Waals surface area contributed by atoms with Crippen molar-refractivity contribution in [1.82, 2.24) is 4.57 Å². The Morgan fingerprint density at radius 3 is 1.52 bits per heavy atom. The maximum atomic E-state index is 15.4. The minimum Gasteiger partial charge on any atom is -0.497 e. The Morgan fingerprint density at radius 2 is 0.983 bits per heavy atom. The van der Waals surface area contributed by atoms with Crippen LogP contribution in [-0.4, -0.2) is 71.0 Å². The van der Waals surface area contributed by atoms with E-state index in [4.69, 9.17) is 33.2 Å². The maximum absolute atomic E-state index is 15.4. The highest BCUT2D eigenvalue weighted by molar-refractivity contribution is 6.36.